The molecule has 0 aliphatic heterocycles. The Labute approximate surface area is 111 Å². The van der Waals surface area contributed by atoms with Gasteiger partial charge in [-0.3, -0.25) is 4.79 Å². The highest BCUT2D eigenvalue weighted by molar-refractivity contribution is 5.93. The van der Waals surface area contributed by atoms with Crippen molar-refractivity contribution in [2.75, 3.05) is 0 Å². The Morgan fingerprint density at radius 1 is 1.26 bits per heavy atom. The lowest BCUT2D eigenvalue weighted by molar-refractivity contribution is 0.0902. The minimum absolute atomic E-state index is 0.0988. The molecular weight excluding hydrogens is 240 g/mol. The quantitative estimate of drug-likeness (QED) is 0.863. The molecule has 1 amide bonds. The van der Waals surface area contributed by atoms with E-state index in [0.717, 1.165) is 18.5 Å². The maximum absolute atomic E-state index is 12.2. The number of nitrogens with zero attached hydrogens (tertiary/aromatic N) is 2. The molecular formula is C14H16N4O. The second kappa shape index (κ2) is 4.85. The van der Waals surface area contributed by atoms with E-state index in [1.54, 1.807) is 16.9 Å². The largest absolute Gasteiger partial charge is 0.348 e. The number of aromatic nitrogens is 2. The first-order valence-electron chi connectivity index (χ1n) is 6.40. The summed E-state index contributed by atoms with van der Waals surface area (Å²) >= 11 is 0. The van der Waals surface area contributed by atoms with Gasteiger partial charge < -0.3 is 11.1 Å². The van der Waals surface area contributed by atoms with E-state index < -0.39 is 0 Å². The molecule has 0 atom stereocenters. The summed E-state index contributed by atoms with van der Waals surface area (Å²) in [6, 6.07) is 11.8. The molecule has 5 heteroatoms. The number of amides is 1. The third-order valence-corrected chi connectivity index (χ3v) is 3.39. The number of para-hydroxylation sites is 1. The van der Waals surface area contributed by atoms with Crippen molar-refractivity contribution in [1.29, 1.82) is 0 Å². The highest BCUT2D eigenvalue weighted by Gasteiger charge is 2.28. The predicted octanol–water partition coefficient (Wildman–Crippen LogP) is 1.09. The van der Waals surface area contributed by atoms with E-state index in [1.807, 2.05) is 30.3 Å². The number of rotatable bonds is 3. The lowest BCUT2D eigenvalue weighted by Crippen LogP contribution is -2.50. The molecule has 3 rings (SSSR count). The average molecular weight is 256 g/mol. The first-order valence-corrected chi connectivity index (χ1v) is 6.40. The predicted molar refractivity (Wildman–Crippen MR) is 72.0 cm³/mol. The van der Waals surface area contributed by atoms with Crippen LogP contribution in [0, 0.1) is 0 Å². The van der Waals surface area contributed by atoms with Crippen LogP contribution in [0.15, 0.2) is 42.6 Å². The van der Waals surface area contributed by atoms with Gasteiger partial charge in [0.1, 0.15) is 5.69 Å². The molecule has 1 aliphatic rings. The Hall–Kier alpha value is -2.14. The summed E-state index contributed by atoms with van der Waals surface area (Å²) < 4.78 is 1.65. The molecule has 0 radical (unpaired) electrons. The molecule has 0 saturated heterocycles. The second-order valence-electron chi connectivity index (χ2n) is 4.87. The second-order valence-corrected chi connectivity index (χ2v) is 4.87. The Morgan fingerprint density at radius 2 is 2.00 bits per heavy atom. The monoisotopic (exact) mass is 256 g/mol. The molecule has 3 N–H and O–H groups in total. The third kappa shape index (κ3) is 2.37. The minimum atomic E-state index is -0.0988. The van der Waals surface area contributed by atoms with E-state index in [-0.39, 0.29) is 18.0 Å². The maximum atomic E-state index is 12.2. The van der Waals surface area contributed by atoms with Gasteiger partial charge in [-0.05, 0) is 31.0 Å². The summed E-state index contributed by atoms with van der Waals surface area (Å²) in [5.74, 6) is -0.0988. The summed E-state index contributed by atoms with van der Waals surface area (Å²) in [6.45, 7) is 0. The van der Waals surface area contributed by atoms with E-state index in [2.05, 4.69) is 10.4 Å². The van der Waals surface area contributed by atoms with E-state index in [9.17, 15) is 4.79 Å². The van der Waals surface area contributed by atoms with Gasteiger partial charge >= 0.3 is 0 Å². The van der Waals surface area contributed by atoms with Crippen LogP contribution in [-0.4, -0.2) is 27.8 Å². The lowest BCUT2D eigenvalue weighted by atomic mass is 9.87. The molecule has 0 unspecified atom stereocenters. The van der Waals surface area contributed by atoms with Gasteiger partial charge in [0.15, 0.2) is 0 Å². The first kappa shape index (κ1) is 11.9. The van der Waals surface area contributed by atoms with Crippen molar-refractivity contribution in [2.45, 2.75) is 24.9 Å². The van der Waals surface area contributed by atoms with Crippen LogP contribution in [0.2, 0.25) is 0 Å². The summed E-state index contributed by atoms with van der Waals surface area (Å²) in [6.07, 6.45) is 3.34. The normalized spacial score (nSPS) is 21.7. The number of carbonyl (C=O) groups is 1. The number of nitrogens with one attached hydrogen (secondary N) is 1. The van der Waals surface area contributed by atoms with Gasteiger partial charge in [-0.25, -0.2) is 4.68 Å². The van der Waals surface area contributed by atoms with Crippen molar-refractivity contribution >= 4 is 5.91 Å². The highest BCUT2D eigenvalue weighted by atomic mass is 16.2. The van der Waals surface area contributed by atoms with Crippen LogP contribution in [0.3, 0.4) is 0 Å². The highest BCUT2D eigenvalue weighted by Crippen LogP contribution is 2.18. The molecule has 1 aromatic heterocycles. The third-order valence-electron chi connectivity index (χ3n) is 3.39. The Balaban J connectivity index is 1.78. The molecule has 0 bridgehead atoms. The summed E-state index contributed by atoms with van der Waals surface area (Å²) in [7, 11) is 0. The molecule has 1 saturated carbocycles. The van der Waals surface area contributed by atoms with Crippen LogP contribution in [0.1, 0.15) is 23.3 Å². The van der Waals surface area contributed by atoms with Crippen molar-refractivity contribution in [3.05, 3.63) is 48.3 Å². The smallest absolute Gasteiger partial charge is 0.270 e. The van der Waals surface area contributed by atoms with Crippen LogP contribution >= 0.6 is 0 Å². The van der Waals surface area contributed by atoms with Crippen LogP contribution in [0.4, 0.5) is 0 Å². The van der Waals surface area contributed by atoms with E-state index in [0.29, 0.717) is 5.69 Å². The number of hydrogen-bond donors (Lipinski definition) is 2. The fourth-order valence-electron chi connectivity index (χ4n) is 2.29. The van der Waals surface area contributed by atoms with Crippen LogP contribution in [0.5, 0.6) is 0 Å². The van der Waals surface area contributed by atoms with Crippen molar-refractivity contribution in [3.8, 4) is 5.69 Å². The summed E-state index contributed by atoms with van der Waals surface area (Å²) in [4.78, 5) is 12.2. The molecule has 0 spiro atoms. The molecule has 1 aromatic carbocycles. The molecule has 1 fully saturated rings. The van der Waals surface area contributed by atoms with Crippen LogP contribution in [0.25, 0.3) is 5.69 Å². The lowest BCUT2D eigenvalue weighted by Gasteiger charge is -2.32. The van der Waals surface area contributed by atoms with Gasteiger partial charge in [-0.2, -0.15) is 5.10 Å². The Morgan fingerprint density at radius 3 is 2.68 bits per heavy atom. The number of nitrogens with two attached hydrogens (primary N) is 1. The zero-order valence-corrected chi connectivity index (χ0v) is 10.5. The van der Waals surface area contributed by atoms with Gasteiger partial charge in [-0.1, -0.05) is 18.2 Å². The van der Waals surface area contributed by atoms with Gasteiger partial charge in [-0.15, -0.1) is 0 Å². The van der Waals surface area contributed by atoms with Gasteiger partial charge in [0, 0.05) is 12.1 Å². The molecule has 5 nitrogen and oxygen atoms in total. The Kier molecular flexibility index (Phi) is 3.05. The Bertz CT molecular complexity index is 572. The van der Waals surface area contributed by atoms with Crippen molar-refractivity contribution in [2.24, 2.45) is 5.73 Å². The standard InChI is InChI=1S/C14H16N4O/c15-10-8-11(9-10)17-14(19)13-6-7-16-18(13)12-4-2-1-3-5-12/h1-7,10-11H,8-9,15H2,(H,17,19). The topological polar surface area (TPSA) is 72.9 Å². The SMILES string of the molecule is NC1CC(NC(=O)c2ccnn2-c2ccccc2)C1. The zero-order chi connectivity index (χ0) is 13.2. The van der Waals surface area contributed by atoms with E-state index in [1.165, 1.54) is 0 Å². The van der Waals surface area contributed by atoms with Crippen molar-refractivity contribution in [3.63, 3.8) is 0 Å². The molecule has 19 heavy (non-hydrogen) atoms. The summed E-state index contributed by atoms with van der Waals surface area (Å²) in [5.41, 5.74) is 7.14. The number of hydrogen-bond acceptors (Lipinski definition) is 3. The molecule has 1 heterocycles. The van der Waals surface area contributed by atoms with Crippen LogP contribution in [-0.2, 0) is 0 Å². The average Bonchev–Trinajstić information content (AvgIpc) is 2.87. The molecule has 2 aromatic rings. The summed E-state index contributed by atoms with van der Waals surface area (Å²) in [5, 5.41) is 7.18. The number of carbonyl (C=O) groups excluding carboxylic acids is 1. The van der Waals surface area contributed by atoms with Crippen molar-refractivity contribution in [1.82, 2.24) is 15.1 Å². The molecule has 1 aliphatic carbocycles. The maximum Gasteiger partial charge on any atom is 0.270 e. The fourth-order valence-corrected chi connectivity index (χ4v) is 2.29. The molecule has 98 valence electrons. The van der Waals surface area contributed by atoms with Gasteiger partial charge in [0.05, 0.1) is 11.9 Å². The van der Waals surface area contributed by atoms with E-state index >= 15 is 0 Å². The van der Waals surface area contributed by atoms with E-state index in [4.69, 9.17) is 5.73 Å². The first-order chi connectivity index (χ1) is 9.24. The van der Waals surface area contributed by atoms with Crippen molar-refractivity contribution < 1.29 is 4.79 Å². The number of benzene rings is 1. The van der Waals surface area contributed by atoms with Crippen LogP contribution < -0.4 is 11.1 Å². The fraction of sp³-hybridized carbons (Fsp3) is 0.286. The van der Waals surface area contributed by atoms with Gasteiger partial charge in [0.25, 0.3) is 5.91 Å². The van der Waals surface area contributed by atoms with Gasteiger partial charge in [0.2, 0.25) is 0 Å². The zero-order valence-electron chi connectivity index (χ0n) is 10.5. The minimum Gasteiger partial charge on any atom is -0.348 e.